The van der Waals surface area contributed by atoms with Crippen LogP contribution < -0.4 is 0 Å². The van der Waals surface area contributed by atoms with Crippen LogP contribution in [0.4, 0.5) is 0 Å². The van der Waals surface area contributed by atoms with Crippen LogP contribution >= 0.6 is 7.82 Å². The van der Waals surface area contributed by atoms with E-state index in [0.717, 1.165) is 6.42 Å². The van der Waals surface area contributed by atoms with E-state index >= 15 is 0 Å². The molecule has 0 fully saturated rings. The Labute approximate surface area is 74.1 Å². The highest BCUT2D eigenvalue weighted by Gasteiger charge is 2.17. The third-order valence-corrected chi connectivity index (χ3v) is 2.10. The monoisotopic (exact) mass is 214 g/mol. The van der Waals surface area contributed by atoms with Crippen LogP contribution in [-0.4, -0.2) is 19.0 Å². The standard InChI is InChI=1S/C5H11O5PS/c1-2-3-4-5(12-9)10-11(6,7)8/h2-4H2,1H3,(H2,6,7,8). The fourth-order valence-corrected chi connectivity index (χ4v) is 1.55. The maximum Gasteiger partial charge on any atom is 0.475 e. The lowest BCUT2D eigenvalue weighted by Crippen LogP contribution is -2.02. The van der Waals surface area contributed by atoms with E-state index in [4.69, 9.17) is 9.79 Å². The normalized spacial score (nSPS) is 11.2. The molecule has 0 aromatic rings. The zero-order valence-electron chi connectivity index (χ0n) is 6.60. The molecule has 0 aromatic heterocycles. The molecule has 12 heavy (non-hydrogen) atoms. The van der Waals surface area contributed by atoms with Crippen molar-refractivity contribution < 1.29 is 23.1 Å². The van der Waals surface area contributed by atoms with Gasteiger partial charge in [0.2, 0.25) is 0 Å². The molecule has 0 aliphatic rings. The average Bonchev–Trinajstić information content (AvgIpc) is 1.95. The first-order valence-corrected chi connectivity index (χ1v) is 5.67. The highest BCUT2D eigenvalue weighted by Crippen LogP contribution is 2.36. The Balaban J connectivity index is 4.04. The van der Waals surface area contributed by atoms with Gasteiger partial charge in [-0.25, -0.2) is 13.3 Å². The summed E-state index contributed by atoms with van der Waals surface area (Å²) in [6, 6.07) is 0. The summed E-state index contributed by atoms with van der Waals surface area (Å²) in [7, 11) is -4.54. The quantitative estimate of drug-likeness (QED) is 0.529. The molecule has 2 N–H and O–H groups in total. The first kappa shape index (κ1) is 12.0. The minimum Gasteiger partial charge on any atom is -0.302 e. The van der Waals surface area contributed by atoms with Crippen molar-refractivity contribution in [2.45, 2.75) is 26.2 Å². The van der Waals surface area contributed by atoms with Crippen molar-refractivity contribution in [1.29, 1.82) is 0 Å². The Bertz CT molecular complexity index is 228. The van der Waals surface area contributed by atoms with Gasteiger partial charge in [-0.1, -0.05) is 13.3 Å². The van der Waals surface area contributed by atoms with Crippen LogP contribution in [0.5, 0.6) is 0 Å². The maximum absolute atomic E-state index is 10.3. The van der Waals surface area contributed by atoms with E-state index in [0.29, 0.717) is 6.42 Å². The molecule has 0 aromatic carbocycles. The molecule has 0 aliphatic heterocycles. The smallest absolute Gasteiger partial charge is 0.302 e. The van der Waals surface area contributed by atoms with Gasteiger partial charge in [0.25, 0.3) is 0 Å². The lowest BCUT2D eigenvalue weighted by atomic mass is 10.3. The van der Waals surface area contributed by atoms with Gasteiger partial charge in [0.05, 0.1) is 0 Å². The van der Waals surface area contributed by atoms with E-state index in [1.807, 2.05) is 6.92 Å². The number of phosphoric acid groups is 1. The summed E-state index contributed by atoms with van der Waals surface area (Å²) >= 11 is -0.0110. The average molecular weight is 214 g/mol. The molecule has 0 unspecified atom stereocenters. The SMILES string of the molecule is CCCCC(OP(=O)(O)O)=S=O. The summed E-state index contributed by atoms with van der Waals surface area (Å²) in [6.45, 7) is 1.91. The molecule has 0 heterocycles. The zero-order chi connectivity index (χ0) is 9.61. The maximum atomic E-state index is 10.3. The van der Waals surface area contributed by atoms with E-state index in [-0.39, 0.29) is 22.7 Å². The Hall–Kier alpha value is 0. The summed E-state index contributed by atoms with van der Waals surface area (Å²) < 4.78 is 24.6. The van der Waals surface area contributed by atoms with E-state index in [1.54, 1.807) is 0 Å². The summed E-state index contributed by atoms with van der Waals surface area (Å²) in [5, 5.41) is -0.148. The predicted octanol–water partition coefficient (Wildman–Crippen LogP) is 0.629. The van der Waals surface area contributed by atoms with Gasteiger partial charge in [-0.3, -0.25) is 0 Å². The van der Waals surface area contributed by atoms with Crippen molar-refractivity contribution in [1.82, 2.24) is 0 Å². The minimum atomic E-state index is -4.54. The van der Waals surface area contributed by atoms with Gasteiger partial charge in [0.15, 0.2) is 5.05 Å². The van der Waals surface area contributed by atoms with E-state index < -0.39 is 7.82 Å². The molecule has 0 saturated carbocycles. The Morgan fingerprint density at radius 1 is 1.58 bits per heavy atom. The second kappa shape index (κ2) is 5.61. The summed E-state index contributed by atoms with van der Waals surface area (Å²) in [5.41, 5.74) is 0. The van der Waals surface area contributed by atoms with Crippen molar-refractivity contribution >= 4 is 24.1 Å². The minimum absolute atomic E-state index is 0.0110. The molecule has 0 amide bonds. The predicted molar refractivity (Wildman–Crippen MR) is 45.8 cm³/mol. The largest absolute Gasteiger partial charge is 0.475 e. The number of rotatable bonds is 4. The number of unbranched alkanes of at least 4 members (excludes halogenated alkanes) is 1. The highest BCUT2D eigenvalue weighted by molar-refractivity contribution is 7.67. The van der Waals surface area contributed by atoms with Gasteiger partial charge in [-0.15, -0.1) is 0 Å². The molecule has 0 aliphatic carbocycles. The molecule has 5 nitrogen and oxygen atoms in total. The van der Waals surface area contributed by atoms with Crippen LogP contribution in [0.3, 0.4) is 0 Å². The molecular formula is C5H11O5PS. The van der Waals surface area contributed by atoms with Gasteiger partial charge in [-0.2, -0.15) is 0 Å². The summed E-state index contributed by atoms with van der Waals surface area (Å²) in [4.78, 5) is 16.7. The molecule has 0 radical (unpaired) electrons. The van der Waals surface area contributed by atoms with Gasteiger partial charge in [0, 0.05) is 6.42 Å². The highest BCUT2D eigenvalue weighted by atomic mass is 32.1. The third kappa shape index (κ3) is 6.69. The number of hydrogen-bond donors (Lipinski definition) is 2. The van der Waals surface area contributed by atoms with Gasteiger partial charge >= 0.3 is 7.82 Å². The fraction of sp³-hybridized carbons (Fsp3) is 0.800. The molecule has 72 valence electrons. The van der Waals surface area contributed by atoms with Gasteiger partial charge in [-0.05, 0) is 6.42 Å². The molecule has 0 atom stereocenters. The number of phosphoric ester groups is 1. The third-order valence-electron chi connectivity index (χ3n) is 1.05. The van der Waals surface area contributed by atoms with E-state index in [2.05, 4.69) is 4.52 Å². The lowest BCUT2D eigenvalue weighted by molar-refractivity contribution is 0.278. The first-order chi connectivity index (χ1) is 5.49. The van der Waals surface area contributed by atoms with E-state index in [9.17, 15) is 8.77 Å². The molecular weight excluding hydrogens is 203 g/mol. The second-order valence-electron chi connectivity index (χ2n) is 2.14. The van der Waals surface area contributed by atoms with Crippen LogP contribution in [0.1, 0.15) is 26.2 Å². The van der Waals surface area contributed by atoms with Crippen molar-refractivity contribution in [3.8, 4) is 0 Å². The van der Waals surface area contributed by atoms with Crippen molar-refractivity contribution in [3.05, 3.63) is 0 Å². The van der Waals surface area contributed by atoms with E-state index in [1.165, 1.54) is 0 Å². The molecule has 7 heteroatoms. The number of hydrogen-bond acceptors (Lipinski definition) is 3. The van der Waals surface area contributed by atoms with Crippen LogP contribution in [0.15, 0.2) is 0 Å². The lowest BCUT2D eigenvalue weighted by Gasteiger charge is -2.03. The molecule has 0 rings (SSSR count). The fourth-order valence-electron chi connectivity index (χ4n) is 0.556. The first-order valence-electron chi connectivity index (χ1n) is 3.40. The van der Waals surface area contributed by atoms with Gasteiger partial charge in [0.1, 0.15) is 11.3 Å². The summed E-state index contributed by atoms with van der Waals surface area (Å²) in [5.74, 6) is 0. The Morgan fingerprint density at radius 2 is 2.17 bits per heavy atom. The van der Waals surface area contributed by atoms with Gasteiger partial charge < -0.3 is 9.79 Å². The molecule has 0 bridgehead atoms. The molecule has 0 spiro atoms. The zero-order valence-corrected chi connectivity index (χ0v) is 8.31. The topological polar surface area (TPSA) is 83.8 Å². The van der Waals surface area contributed by atoms with Crippen LogP contribution in [0, 0.1) is 0 Å². The van der Waals surface area contributed by atoms with Crippen molar-refractivity contribution in [2.24, 2.45) is 0 Å². The Morgan fingerprint density at radius 3 is 2.50 bits per heavy atom. The Kier molecular flexibility index (Phi) is 5.61. The van der Waals surface area contributed by atoms with Crippen molar-refractivity contribution in [3.63, 3.8) is 0 Å². The summed E-state index contributed by atoms with van der Waals surface area (Å²) in [6.07, 6.45) is 1.81. The van der Waals surface area contributed by atoms with Crippen LogP contribution in [0.2, 0.25) is 0 Å². The van der Waals surface area contributed by atoms with Crippen molar-refractivity contribution in [2.75, 3.05) is 0 Å². The van der Waals surface area contributed by atoms with Crippen LogP contribution in [-0.2, 0) is 20.3 Å². The van der Waals surface area contributed by atoms with Crippen LogP contribution in [0.25, 0.3) is 0 Å². The molecule has 0 saturated heterocycles. The second-order valence-corrected chi connectivity index (χ2v) is 3.93.